The Bertz CT molecular complexity index is 2110. The zero-order valence-electron chi connectivity index (χ0n) is 34.6. The van der Waals surface area contributed by atoms with Gasteiger partial charge in [0, 0.05) is 42.0 Å². The molecule has 0 aromatic heterocycles. The molecule has 4 atom stereocenters. The van der Waals surface area contributed by atoms with E-state index >= 15 is 0 Å². The zero-order valence-corrected chi connectivity index (χ0v) is 34.6. The summed E-state index contributed by atoms with van der Waals surface area (Å²) in [6, 6.07) is 26.1. The van der Waals surface area contributed by atoms with Gasteiger partial charge in [-0.25, -0.2) is 0 Å². The van der Waals surface area contributed by atoms with Crippen molar-refractivity contribution in [3.8, 4) is 0 Å². The van der Waals surface area contributed by atoms with Gasteiger partial charge in [-0.2, -0.15) is 0 Å². The van der Waals surface area contributed by atoms with E-state index in [1.165, 1.54) is 50.4 Å². The van der Waals surface area contributed by atoms with Crippen molar-refractivity contribution in [1.82, 2.24) is 10.6 Å². The zero-order chi connectivity index (χ0) is 40.6. The van der Waals surface area contributed by atoms with Gasteiger partial charge in [0.25, 0.3) is 0 Å². The summed E-state index contributed by atoms with van der Waals surface area (Å²) in [5.74, 6) is 0.481. The van der Waals surface area contributed by atoms with E-state index in [2.05, 4.69) is 183 Å². The highest BCUT2D eigenvalue weighted by molar-refractivity contribution is 5.88. The minimum Gasteiger partial charge on any atom is -0.405 e. The van der Waals surface area contributed by atoms with Crippen molar-refractivity contribution in [2.24, 2.45) is 17.6 Å². The van der Waals surface area contributed by atoms with E-state index in [1.54, 1.807) is 12.3 Å². The average Bonchev–Trinajstić information content (AvgIpc) is 3.24. The molecule has 2 aliphatic heterocycles. The summed E-state index contributed by atoms with van der Waals surface area (Å²) in [4.78, 5) is 0. The molecular formula is C53H62N4. The number of hydrogen-bond donors (Lipinski definition) is 4. The first-order valence-electron chi connectivity index (χ1n) is 20.6. The molecular weight excluding hydrogens is 693 g/mol. The first-order chi connectivity index (χ1) is 27.9. The van der Waals surface area contributed by atoms with Crippen LogP contribution in [0.1, 0.15) is 81.3 Å². The molecule has 0 radical (unpaired) electrons. The molecule has 0 amide bonds. The van der Waals surface area contributed by atoms with Gasteiger partial charge in [0.1, 0.15) is 0 Å². The lowest BCUT2D eigenvalue weighted by molar-refractivity contribution is 0.550. The molecule has 5 N–H and O–H groups in total. The van der Waals surface area contributed by atoms with Gasteiger partial charge >= 0.3 is 0 Å². The second-order valence-electron chi connectivity index (χ2n) is 14.6. The second-order valence-corrected chi connectivity index (χ2v) is 14.6. The Morgan fingerprint density at radius 2 is 1.61 bits per heavy atom. The lowest BCUT2D eigenvalue weighted by Gasteiger charge is -2.28. The predicted octanol–water partition coefficient (Wildman–Crippen LogP) is 12.5. The number of anilines is 1. The SMILES string of the molecule is C=C/C=C(\C=C)c1ccc(/C(C)=C/C(NC(C)c2ccccc2)C2=C/C(C)CC3=C(NC/C=C/C(c4cccc5c4NCC=C5)=C\2)C(/C=C\N)CC=C3)cc1.CC. The Kier molecular flexibility index (Phi) is 15.9. The topological polar surface area (TPSA) is 62.1 Å². The fraction of sp³-hybridized carbons (Fsp3) is 0.245. The number of para-hydroxylation sites is 1. The Hall–Kier alpha value is -5.84. The molecule has 0 saturated carbocycles. The van der Waals surface area contributed by atoms with Crippen molar-refractivity contribution in [3.63, 3.8) is 0 Å². The number of hydrogen-bond acceptors (Lipinski definition) is 4. The Morgan fingerprint density at radius 1 is 0.877 bits per heavy atom. The fourth-order valence-electron chi connectivity index (χ4n) is 7.78. The summed E-state index contributed by atoms with van der Waals surface area (Å²) in [6.07, 6.45) is 32.2. The molecule has 4 nitrogen and oxygen atoms in total. The van der Waals surface area contributed by atoms with Crippen molar-refractivity contribution in [2.75, 3.05) is 18.4 Å². The van der Waals surface area contributed by atoms with Crippen LogP contribution in [0.4, 0.5) is 5.69 Å². The molecule has 3 aliphatic rings. The van der Waals surface area contributed by atoms with Gasteiger partial charge in [-0.1, -0.05) is 180 Å². The molecule has 294 valence electrons. The number of fused-ring (bicyclic) bond motifs is 1. The Labute approximate surface area is 343 Å². The van der Waals surface area contributed by atoms with Crippen molar-refractivity contribution in [3.05, 3.63) is 210 Å². The van der Waals surface area contributed by atoms with Crippen molar-refractivity contribution >= 4 is 28.5 Å². The van der Waals surface area contributed by atoms with Gasteiger partial charge in [0.05, 0.1) is 6.04 Å². The van der Waals surface area contributed by atoms with Gasteiger partial charge in [0.2, 0.25) is 0 Å². The molecule has 4 unspecified atom stereocenters. The first kappa shape index (κ1) is 42.3. The third kappa shape index (κ3) is 11.1. The van der Waals surface area contributed by atoms with Crippen LogP contribution in [0.15, 0.2) is 182 Å². The maximum Gasteiger partial charge on any atom is 0.0513 e. The predicted molar refractivity (Wildman–Crippen MR) is 250 cm³/mol. The molecule has 6 rings (SSSR count). The summed E-state index contributed by atoms with van der Waals surface area (Å²) in [7, 11) is 0. The number of rotatable bonds is 11. The van der Waals surface area contributed by atoms with Crippen LogP contribution in [-0.2, 0) is 0 Å². The summed E-state index contributed by atoms with van der Waals surface area (Å²) < 4.78 is 0. The monoisotopic (exact) mass is 754 g/mol. The van der Waals surface area contributed by atoms with Crippen molar-refractivity contribution < 1.29 is 0 Å². The lowest BCUT2D eigenvalue weighted by atomic mass is 9.85. The van der Waals surface area contributed by atoms with E-state index in [0.717, 1.165) is 36.1 Å². The normalized spacial score (nSPS) is 21.9. The summed E-state index contributed by atoms with van der Waals surface area (Å²) >= 11 is 0. The fourth-order valence-corrected chi connectivity index (χ4v) is 7.78. The molecule has 0 saturated heterocycles. The van der Waals surface area contributed by atoms with Crippen LogP contribution in [-0.4, -0.2) is 19.1 Å². The average molecular weight is 755 g/mol. The van der Waals surface area contributed by atoms with Crippen LogP contribution in [0.25, 0.3) is 22.8 Å². The summed E-state index contributed by atoms with van der Waals surface area (Å²) in [6.45, 7) is 20.2. The van der Waals surface area contributed by atoms with Crippen LogP contribution < -0.4 is 21.7 Å². The Morgan fingerprint density at radius 3 is 2.35 bits per heavy atom. The minimum absolute atomic E-state index is 0.0955. The quantitative estimate of drug-likeness (QED) is 0.147. The van der Waals surface area contributed by atoms with Gasteiger partial charge < -0.3 is 21.7 Å². The lowest BCUT2D eigenvalue weighted by Crippen LogP contribution is -2.32. The highest BCUT2D eigenvalue weighted by Gasteiger charge is 2.22. The molecule has 1 aliphatic carbocycles. The van der Waals surface area contributed by atoms with E-state index < -0.39 is 0 Å². The molecule has 4 heteroatoms. The van der Waals surface area contributed by atoms with Gasteiger partial charge in [-0.15, -0.1) is 0 Å². The van der Waals surface area contributed by atoms with E-state index in [4.69, 9.17) is 5.73 Å². The van der Waals surface area contributed by atoms with Crippen molar-refractivity contribution in [2.45, 2.75) is 59.5 Å². The van der Waals surface area contributed by atoms with E-state index in [9.17, 15) is 0 Å². The molecule has 0 fully saturated rings. The highest BCUT2D eigenvalue weighted by atomic mass is 14.9. The van der Waals surface area contributed by atoms with Crippen LogP contribution in [0.5, 0.6) is 0 Å². The van der Waals surface area contributed by atoms with Gasteiger partial charge in [0.15, 0.2) is 0 Å². The molecule has 0 bridgehead atoms. The van der Waals surface area contributed by atoms with E-state index in [0.29, 0.717) is 6.54 Å². The minimum atomic E-state index is -0.0955. The number of allylic oxidation sites excluding steroid dienone is 12. The van der Waals surface area contributed by atoms with Gasteiger partial charge in [-0.3, -0.25) is 0 Å². The first-order valence-corrected chi connectivity index (χ1v) is 20.6. The second kappa shape index (κ2) is 21.5. The third-order valence-electron chi connectivity index (χ3n) is 10.6. The van der Waals surface area contributed by atoms with E-state index in [1.807, 2.05) is 26.0 Å². The van der Waals surface area contributed by atoms with Crippen LogP contribution in [0.2, 0.25) is 0 Å². The van der Waals surface area contributed by atoms with Crippen molar-refractivity contribution in [1.29, 1.82) is 0 Å². The summed E-state index contributed by atoms with van der Waals surface area (Å²) in [5.41, 5.74) is 20.3. The molecule has 0 spiro atoms. The maximum atomic E-state index is 5.95. The van der Waals surface area contributed by atoms with Gasteiger partial charge in [-0.05, 0) is 95.0 Å². The summed E-state index contributed by atoms with van der Waals surface area (Å²) in [5, 5.41) is 11.6. The maximum absolute atomic E-state index is 5.95. The highest BCUT2D eigenvalue weighted by Crippen LogP contribution is 2.35. The number of nitrogens with one attached hydrogen (secondary N) is 3. The third-order valence-corrected chi connectivity index (χ3v) is 10.6. The standard InChI is InChI=1S/C51H56N4.C2H6/c1-6-15-39(7-2)42-26-24-40(25-27-42)37(4)34-49(55-38(5)41-16-9-8-10-17-41)47-33-36(3)32-46-20-11-18-44(28-29-52)50(46)53-30-14-22-45(35-47)48-23-12-19-43-21-13-31-54-51(43)48;1-2/h6-17,19-29,33-36,38,44,49,53-55H,1-2,18,30-32,52H2,3-5H3;1-2H3/b22-14+,29-28-,37-34+,39-15+,45-35+,47-33+;. The van der Waals surface area contributed by atoms with Crippen LogP contribution >= 0.6 is 0 Å². The Balaban J connectivity index is 0.00000305. The number of benzene rings is 3. The van der Waals surface area contributed by atoms with Crippen LogP contribution in [0.3, 0.4) is 0 Å². The van der Waals surface area contributed by atoms with Crippen LogP contribution in [0, 0.1) is 11.8 Å². The molecule has 57 heavy (non-hydrogen) atoms. The van der Waals surface area contributed by atoms with E-state index in [-0.39, 0.29) is 23.9 Å². The molecule has 3 aromatic carbocycles. The number of nitrogens with two attached hydrogens (primary N) is 1. The molecule has 3 aromatic rings. The smallest absolute Gasteiger partial charge is 0.0513 e. The molecule has 2 heterocycles. The largest absolute Gasteiger partial charge is 0.405 e.